The van der Waals surface area contributed by atoms with Crippen molar-refractivity contribution < 1.29 is 9.59 Å². The van der Waals surface area contributed by atoms with Crippen LogP contribution in [0.3, 0.4) is 0 Å². The van der Waals surface area contributed by atoms with Gasteiger partial charge in [0.05, 0.1) is 5.69 Å². The average molecular weight is 498 g/mol. The molecule has 3 aromatic rings. The van der Waals surface area contributed by atoms with Crippen LogP contribution in [0.25, 0.3) is 0 Å². The maximum absolute atomic E-state index is 13.0. The summed E-state index contributed by atoms with van der Waals surface area (Å²) in [6.45, 7) is 0. The van der Waals surface area contributed by atoms with Gasteiger partial charge in [-0.2, -0.15) is 4.98 Å². The predicted octanol–water partition coefficient (Wildman–Crippen LogP) is 4.81. The number of ketones is 1. The molecule has 0 radical (unpaired) electrons. The van der Waals surface area contributed by atoms with Crippen LogP contribution in [0.2, 0.25) is 0 Å². The maximum Gasteiger partial charge on any atom is 0.251 e. The van der Waals surface area contributed by atoms with Crippen LogP contribution in [-0.2, 0) is 12.8 Å². The number of hydrogen-bond donors (Lipinski definition) is 2. The molecule has 192 valence electrons. The number of aryl methyl sites for hydroxylation is 1. The number of amides is 1. The van der Waals surface area contributed by atoms with Crippen molar-refractivity contribution in [1.29, 1.82) is 0 Å². The predicted molar refractivity (Wildman–Crippen MR) is 146 cm³/mol. The molecule has 7 nitrogen and oxygen atoms in total. The third-order valence-electron chi connectivity index (χ3n) is 7.40. The number of fused-ring (bicyclic) bond motifs is 1. The van der Waals surface area contributed by atoms with Gasteiger partial charge in [0.25, 0.3) is 5.91 Å². The molecule has 1 amide bonds. The second-order valence-corrected chi connectivity index (χ2v) is 10.3. The summed E-state index contributed by atoms with van der Waals surface area (Å²) in [7, 11) is 4.09. The number of rotatable bonds is 7. The highest BCUT2D eigenvalue weighted by Crippen LogP contribution is 2.29. The Balaban J connectivity index is 1.17. The zero-order valence-electron chi connectivity index (χ0n) is 21.7. The van der Waals surface area contributed by atoms with Crippen LogP contribution in [0.5, 0.6) is 0 Å². The monoisotopic (exact) mass is 497 g/mol. The summed E-state index contributed by atoms with van der Waals surface area (Å²) in [6.07, 6.45) is 8.11. The molecule has 2 aromatic carbocycles. The fourth-order valence-corrected chi connectivity index (χ4v) is 5.40. The van der Waals surface area contributed by atoms with Crippen molar-refractivity contribution in [3.8, 4) is 0 Å². The van der Waals surface area contributed by atoms with Crippen molar-refractivity contribution in [1.82, 2.24) is 15.3 Å². The van der Waals surface area contributed by atoms with Gasteiger partial charge in [0.1, 0.15) is 5.82 Å². The lowest BCUT2D eigenvalue weighted by Crippen LogP contribution is -2.40. The van der Waals surface area contributed by atoms with Crippen LogP contribution in [-0.4, -0.2) is 47.8 Å². The number of carbonyl (C=O) groups is 2. The molecule has 1 heterocycles. The van der Waals surface area contributed by atoms with E-state index in [0.29, 0.717) is 16.7 Å². The molecule has 0 saturated heterocycles. The Morgan fingerprint density at radius 1 is 0.811 bits per heavy atom. The first-order chi connectivity index (χ1) is 18.0. The van der Waals surface area contributed by atoms with Crippen molar-refractivity contribution in [3.05, 3.63) is 82.5 Å². The molecule has 2 aliphatic carbocycles. The number of hydrogen-bond acceptors (Lipinski definition) is 6. The molecule has 5 rings (SSSR count). The van der Waals surface area contributed by atoms with Crippen LogP contribution < -0.4 is 15.5 Å². The first-order valence-electron chi connectivity index (χ1n) is 13.3. The molecule has 0 bridgehead atoms. The van der Waals surface area contributed by atoms with Gasteiger partial charge in [0.2, 0.25) is 5.95 Å². The summed E-state index contributed by atoms with van der Waals surface area (Å²) < 4.78 is 0. The minimum absolute atomic E-state index is 0.0800. The van der Waals surface area contributed by atoms with Gasteiger partial charge in [0, 0.05) is 48.4 Å². The summed E-state index contributed by atoms with van der Waals surface area (Å²) in [5.41, 5.74) is 4.13. The Morgan fingerprint density at radius 2 is 1.49 bits per heavy atom. The average Bonchev–Trinajstić information content (AvgIpc) is 2.93. The summed E-state index contributed by atoms with van der Waals surface area (Å²) in [5, 5.41) is 6.74. The molecule has 2 N–H and O–H groups in total. The third-order valence-corrected chi connectivity index (χ3v) is 7.40. The van der Waals surface area contributed by atoms with Crippen molar-refractivity contribution in [2.75, 3.05) is 24.3 Å². The van der Waals surface area contributed by atoms with E-state index in [4.69, 9.17) is 9.97 Å². The minimum Gasteiger partial charge on any atom is -0.362 e. The lowest BCUT2D eigenvalue weighted by Gasteiger charge is -2.30. The Morgan fingerprint density at radius 3 is 2.24 bits per heavy atom. The molecule has 2 aliphatic rings. The van der Waals surface area contributed by atoms with E-state index in [2.05, 4.69) is 15.5 Å². The van der Waals surface area contributed by atoms with Gasteiger partial charge in [0.15, 0.2) is 5.78 Å². The first kappa shape index (κ1) is 24.9. The van der Waals surface area contributed by atoms with Gasteiger partial charge in [-0.3, -0.25) is 9.59 Å². The zero-order valence-corrected chi connectivity index (χ0v) is 21.7. The molecule has 1 saturated carbocycles. The Labute approximate surface area is 218 Å². The summed E-state index contributed by atoms with van der Waals surface area (Å²) in [6, 6.07) is 16.5. The fourth-order valence-electron chi connectivity index (χ4n) is 5.40. The van der Waals surface area contributed by atoms with Crippen LogP contribution in [0, 0.1) is 0 Å². The topological polar surface area (TPSA) is 87.2 Å². The SMILES string of the molecule is CN(C)c1nc(N[C@H]2CC[C@@H](NC(=O)c3cccc(C(=O)c4ccccc4)c3)CC2)nc2c1CCCC2. The van der Waals surface area contributed by atoms with Gasteiger partial charge in [-0.1, -0.05) is 42.5 Å². The van der Waals surface area contributed by atoms with Crippen molar-refractivity contribution in [2.24, 2.45) is 0 Å². The quantitative estimate of drug-likeness (QED) is 0.456. The van der Waals surface area contributed by atoms with Gasteiger partial charge >= 0.3 is 0 Å². The molecule has 1 fully saturated rings. The standard InChI is InChI=1S/C30H35N5O2/c1-35(2)28-25-13-6-7-14-26(25)33-30(34-28)32-24-17-15-23(16-18-24)31-29(37)22-12-8-11-21(19-22)27(36)20-9-4-3-5-10-20/h3-5,8-12,19,23-24H,6-7,13-18H2,1-2H3,(H,31,37)(H,32,33,34)/t23-,24+. The first-order valence-corrected chi connectivity index (χ1v) is 13.3. The largest absolute Gasteiger partial charge is 0.362 e. The minimum atomic E-state index is -0.132. The lowest BCUT2D eigenvalue weighted by molar-refractivity contribution is 0.0926. The van der Waals surface area contributed by atoms with E-state index in [-0.39, 0.29) is 23.8 Å². The van der Waals surface area contributed by atoms with Crippen molar-refractivity contribution >= 4 is 23.5 Å². The van der Waals surface area contributed by atoms with Gasteiger partial charge < -0.3 is 15.5 Å². The molecule has 1 aromatic heterocycles. The smallest absolute Gasteiger partial charge is 0.251 e. The van der Waals surface area contributed by atoms with E-state index in [1.807, 2.05) is 32.3 Å². The summed E-state index contributed by atoms with van der Waals surface area (Å²) >= 11 is 0. The highest BCUT2D eigenvalue weighted by Gasteiger charge is 2.25. The molecule has 7 heteroatoms. The zero-order chi connectivity index (χ0) is 25.8. The Bertz CT molecular complexity index is 1270. The van der Waals surface area contributed by atoms with Crippen molar-refractivity contribution in [3.63, 3.8) is 0 Å². The molecule has 37 heavy (non-hydrogen) atoms. The highest BCUT2D eigenvalue weighted by molar-refractivity contribution is 6.10. The van der Waals surface area contributed by atoms with E-state index in [9.17, 15) is 9.59 Å². The van der Waals surface area contributed by atoms with E-state index >= 15 is 0 Å². The van der Waals surface area contributed by atoms with Gasteiger partial charge in [-0.25, -0.2) is 4.98 Å². The molecular weight excluding hydrogens is 462 g/mol. The molecule has 0 spiro atoms. The number of benzene rings is 2. The molecule has 0 aliphatic heterocycles. The van der Waals surface area contributed by atoms with Crippen molar-refractivity contribution in [2.45, 2.75) is 63.5 Å². The maximum atomic E-state index is 13.0. The molecular formula is C30H35N5O2. The van der Waals surface area contributed by atoms with Crippen LogP contribution in [0.4, 0.5) is 11.8 Å². The van der Waals surface area contributed by atoms with E-state index in [1.54, 1.807) is 36.4 Å². The van der Waals surface area contributed by atoms with Gasteiger partial charge in [-0.05, 0) is 63.5 Å². The Kier molecular flexibility index (Phi) is 7.49. The number of aromatic nitrogens is 2. The van der Waals surface area contributed by atoms with Crippen LogP contribution in [0.1, 0.15) is 76.1 Å². The lowest BCUT2D eigenvalue weighted by atomic mass is 9.91. The second-order valence-electron chi connectivity index (χ2n) is 10.3. The van der Waals surface area contributed by atoms with Crippen LogP contribution in [0.15, 0.2) is 54.6 Å². The number of carbonyl (C=O) groups excluding carboxylic acids is 2. The normalized spacial score (nSPS) is 19.0. The van der Waals surface area contributed by atoms with E-state index < -0.39 is 0 Å². The summed E-state index contributed by atoms with van der Waals surface area (Å²) in [4.78, 5) is 37.5. The molecule has 0 atom stereocenters. The molecule has 0 unspecified atom stereocenters. The van der Waals surface area contributed by atoms with Gasteiger partial charge in [-0.15, -0.1) is 0 Å². The second kappa shape index (κ2) is 11.1. The number of nitrogens with zero attached hydrogens (tertiary/aromatic N) is 3. The highest BCUT2D eigenvalue weighted by atomic mass is 16.1. The van der Waals surface area contributed by atoms with E-state index in [0.717, 1.165) is 50.3 Å². The Hall–Kier alpha value is -3.74. The third kappa shape index (κ3) is 5.82. The summed E-state index contributed by atoms with van der Waals surface area (Å²) in [5.74, 6) is 1.54. The van der Waals surface area contributed by atoms with Crippen LogP contribution >= 0.6 is 0 Å². The van der Waals surface area contributed by atoms with E-state index in [1.165, 1.54) is 24.1 Å². The number of nitrogens with one attached hydrogen (secondary N) is 2. The number of anilines is 2. The fraction of sp³-hybridized carbons (Fsp3) is 0.400.